The van der Waals surface area contributed by atoms with E-state index in [1.54, 1.807) is 4.57 Å². The van der Waals surface area contributed by atoms with Crippen molar-refractivity contribution in [2.24, 2.45) is 0 Å². The Morgan fingerprint density at radius 1 is 1.28 bits per heavy atom. The lowest BCUT2D eigenvalue weighted by molar-refractivity contribution is 0.647. The number of nitrogens with one attached hydrogen (secondary N) is 1. The van der Waals surface area contributed by atoms with Gasteiger partial charge in [0.1, 0.15) is 16.4 Å². The maximum Gasteiger partial charge on any atom is 0.350 e. The third-order valence-corrected chi connectivity index (χ3v) is 3.44. The van der Waals surface area contributed by atoms with Gasteiger partial charge in [0.25, 0.3) is 0 Å². The Bertz CT molecular complexity index is 602. The summed E-state index contributed by atoms with van der Waals surface area (Å²) in [6, 6.07) is 0. The van der Waals surface area contributed by atoms with E-state index in [1.807, 2.05) is 13.2 Å². The van der Waals surface area contributed by atoms with Crippen molar-refractivity contribution in [3.05, 3.63) is 16.3 Å². The summed E-state index contributed by atoms with van der Waals surface area (Å²) >= 11 is 1.47. The lowest BCUT2D eigenvalue weighted by Gasteiger charge is -2.05. The second-order valence-electron chi connectivity index (χ2n) is 4.19. The average molecular weight is 266 g/mol. The number of rotatable bonds is 5. The van der Waals surface area contributed by atoms with Crippen molar-refractivity contribution >= 4 is 22.9 Å². The van der Waals surface area contributed by atoms with Gasteiger partial charge >= 0.3 is 5.69 Å². The van der Waals surface area contributed by atoms with Crippen LogP contribution in [0.2, 0.25) is 0 Å². The predicted octanol–water partition coefficient (Wildman–Crippen LogP) is 2.20. The van der Waals surface area contributed by atoms with Crippen molar-refractivity contribution in [2.75, 3.05) is 6.26 Å². The van der Waals surface area contributed by atoms with Gasteiger partial charge in [-0.2, -0.15) is 4.98 Å². The Balaban J connectivity index is 2.68. The molecule has 0 saturated carbocycles. The molecule has 0 atom stereocenters. The maximum atomic E-state index is 12.0. The number of aryl methyl sites for hydroxylation is 2. The summed E-state index contributed by atoms with van der Waals surface area (Å²) in [4.78, 5) is 23.9. The van der Waals surface area contributed by atoms with Crippen LogP contribution >= 0.6 is 11.8 Å². The molecule has 0 saturated heterocycles. The molecule has 0 unspecified atom stereocenters. The van der Waals surface area contributed by atoms with Gasteiger partial charge in [-0.3, -0.25) is 4.57 Å². The molecular weight excluding hydrogens is 248 g/mol. The molecule has 2 aromatic heterocycles. The van der Waals surface area contributed by atoms with E-state index in [1.165, 1.54) is 11.8 Å². The molecule has 5 nitrogen and oxygen atoms in total. The molecule has 2 aromatic rings. The van der Waals surface area contributed by atoms with Gasteiger partial charge in [0.15, 0.2) is 5.65 Å². The van der Waals surface area contributed by atoms with Crippen molar-refractivity contribution in [3.63, 3.8) is 0 Å². The fraction of sp³-hybridized carbons (Fsp3) is 0.583. The quantitative estimate of drug-likeness (QED) is 0.665. The van der Waals surface area contributed by atoms with Crippen LogP contribution in [0, 0.1) is 0 Å². The zero-order chi connectivity index (χ0) is 13.1. The van der Waals surface area contributed by atoms with E-state index in [9.17, 15) is 4.79 Å². The van der Waals surface area contributed by atoms with E-state index in [0.717, 1.165) is 41.3 Å². The molecule has 6 heteroatoms. The second kappa shape index (κ2) is 5.56. The highest BCUT2D eigenvalue weighted by Gasteiger charge is 2.13. The Hall–Kier alpha value is -1.30. The van der Waals surface area contributed by atoms with Crippen LogP contribution in [0.4, 0.5) is 0 Å². The summed E-state index contributed by atoms with van der Waals surface area (Å²) in [6.07, 6.45) is 4.74. The number of hydrogen-bond acceptors (Lipinski definition) is 4. The Labute approximate surface area is 110 Å². The molecule has 0 aliphatic carbocycles. The van der Waals surface area contributed by atoms with Crippen molar-refractivity contribution in [3.8, 4) is 0 Å². The maximum absolute atomic E-state index is 12.0. The van der Waals surface area contributed by atoms with E-state index in [-0.39, 0.29) is 5.69 Å². The van der Waals surface area contributed by atoms with E-state index in [0.29, 0.717) is 6.54 Å². The van der Waals surface area contributed by atoms with Gasteiger partial charge in [-0.05, 0) is 19.1 Å². The lowest BCUT2D eigenvalue weighted by atomic mass is 10.3. The SMILES string of the molecule is CCCc1nc2c([nH]1)c(SC)nc(=O)n2CCC. The summed E-state index contributed by atoms with van der Waals surface area (Å²) in [5.41, 5.74) is 1.42. The van der Waals surface area contributed by atoms with Crippen molar-refractivity contribution < 1.29 is 0 Å². The average Bonchev–Trinajstić information content (AvgIpc) is 2.76. The smallest absolute Gasteiger partial charge is 0.338 e. The molecule has 0 bridgehead atoms. The minimum absolute atomic E-state index is 0.205. The van der Waals surface area contributed by atoms with Crippen LogP contribution in [0.5, 0.6) is 0 Å². The summed E-state index contributed by atoms with van der Waals surface area (Å²) in [5, 5.41) is 0.734. The highest BCUT2D eigenvalue weighted by molar-refractivity contribution is 7.98. The van der Waals surface area contributed by atoms with Crippen LogP contribution < -0.4 is 5.69 Å². The van der Waals surface area contributed by atoms with Gasteiger partial charge in [0.2, 0.25) is 0 Å². The monoisotopic (exact) mass is 266 g/mol. The summed E-state index contributed by atoms with van der Waals surface area (Å²) in [5.74, 6) is 0.931. The molecular formula is C12H18N4OS. The minimum atomic E-state index is -0.205. The highest BCUT2D eigenvalue weighted by atomic mass is 32.2. The number of fused-ring (bicyclic) bond motifs is 1. The molecule has 2 heterocycles. The van der Waals surface area contributed by atoms with E-state index < -0.39 is 0 Å². The van der Waals surface area contributed by atoms with Gasteiger partial charge in [-0.1, -0.05) is 13.8 Å². The third-order valence-electron chi connectivity index (χ3n) is 2.76. The number of hydrogen-bond donors (Lipinski definition) is 1. The topological polar surface area (TPSA) is 63.6 Å². The van der Waals surface area contributed by atoms with Crippen LogP contribution in [0.1, 0.15) is 32.5 Å². The van der Waals surface area contributed by atoms with Gasteiger partial charge < -0.3 is 4.98 Å². The molecule has 0 aromatic carbocycles. The molecule has 98 valence electrons. The highest BCUT2D eigenvalue weighted by Crippen LogP contribution is 2.21. The van der Waals surface area contributed by atoms with Crippen LogP contribution in [0.25, 0.3) is 11.2 Å². The number of thioether (sulfide) groups is 1. The number of H-pyrrole nitrogens is 1. The number of imidazole rings is 1. The Morgan fingerprint density at radius 2 is 2.06 bits per heavy atom. The summed E-state index contributed by atoms with van der Waals surface area (Å²) in [7, 11) is 0. The third kappa shape index (κ3) is 2.29. The molecule has 0 aliphatic rings. The van der Waals surface area contributed by atoms with Crippen LogP contribution in [-0.4, -0.2) is 25.8 Å². The first kappa shape index (κ1) is 13.1. The number of aromatic amines is 1. The molecule has 0 radical (unpaired) electrons. The van der Waals surface area contributed by atoms with Crippen LogP contribution in [0.3, 0.4) is 0 Å². The first-order valence-electron chi connectivity index (χ1n) is 6.24. The van der Waals surface area contributed by atoms with Crippen LogP contribution in [0.15, 0.2) is 9.82 Å². The first-order chi connectivity index (χ1) is 8.71. The molecule has 0 spiro atoms. The van der Waals surface area contributed by atoms with Crippen molar-refractivity contribution in [2.45, 2.75) is 44.7 Å². The van der Waals surface area contributed by atoms with E-state index >= 15 is 0 Å². The van der Waals surface area contributed by atoms with Crippen LogP contribution in [-0.2, 0) is 13.0 Å². The molecule has 2 rings (SSSR count). The molecule has 0 fully saturated rings. The predicted molar refractivity (Wildman–Crippen MR) is 74.2 cm³/mol. The summed E-state index contributed by atoms with van der Waals surface area (Å²) in [6.45, 7) is 4.81. The summed E-state index contributed by atoms with van der Waals surface area (Å²) < 4.78 is 1.66. The van der Waals surface area contributed by atoms with Gasteiger partial charge in [-0.25, -0.2) is 9.78 Å². The van der Waals surface area contributed by atoms with Gasteiger partial charge in [0.05, 0.1) is 0 Å². The van der Waals surface area contributed by atoms with E-state index in [2.05, 4.69) is 21.9 Å². The van der Waals surface area contributed by atoms with E-state index in [4.69, 9.17) is 0 Å². The first-order valence-corrected chi connectivity index (χ1v) is 7.47. The Morgan fingerprint density at radius 3 is 2.67 bits per heavy atom. The van der Waals surface area contributed by atoms with Gasteiger partial charge in [-0.15, -0.1) is 11.8 Å². The normalized spacial score (nSPS) is 11.3. The number of nitrogens with zero attached hydrogens (tertiary/aromatic N) is 3. The molecule has 18 heavy (non-hydrogen) atoms. The molecule has 1 N–H and O–H groups in total. The zero-order valence-electron chi connectivity index (χ0n) is 11.0. The fourth-order valence-corrected chi connectivity index (χ4v) is 2.49. The van der Waals surface area contributed by atoms with Gasteiger partial charge in [0, 0.05) is 13.0 Å². The largest absolute Gasteiger partial charge is 0.350 e. The molecule has 0 amide bonds. The standard InChI is InChI=1S/C12H18N4OS/c1-4-6-8-13-9-10(14-8)16(7-5-2)12(17)15-11(9)18-3/h4-7H2,1-3H3,(H,13,14). The second-order valence-corrected chi connectivity index (χ2v) is 4.98. The Kier molecular flexibility index (Phi) is 4.06. The van der Waals surface area contributed by atoms with Crippen molar-refractivity contribution in [1.82, 2.24) is 19.5 Å². The lowest BCUT2D eigenvalue weighted by Crippen LogP contribution is -2.24. The van der Waals surface area contributed by atoms with Crippen molar-refractivity contribution in [1.29, 1.82) is 0 Å². The fourth-order valence-electron chi connectivity index (χ4n) is 1.98. The minimum Gasteiger partial charge on any atom is -0.338 e. The zero-order valence-corrected chi connectivity index (χ0v) is 11.8. The molecule has 0 aliphatic heterocycles. The number of aromatic nitrogens is 4.